The molecule has 4 heteroatoms. The zero-order valence-corrected chi connectivity index (χ0v) is 12.9. The first kappa shape index (κ1) is 16.0. The van der Waals surface area contributed by atoms with Crippen molar-refractivity contribution in [1.29, 1.82) is 5.26 Å². The van der Waals surface area contributed by atoms with Gasteiger partial charge in [-0.3, -0.25) is 9.69 Å². The van der Waals surface area contributed by atoms with Gasteiger partial charge in [0.15, 0.2) is 0 Å². The highest BCUT2D eigenvalue weighted by atomic mass is 16.2. The van der Waals surface area contributed by atoms with Crippen molar-refractivity contribution in [3.63, 3.8) is 0 Å². The molecule has 0 spiro atoms. The van der Waals surface area contributed by atoms with Crippen molar-refractivity contribution < 1.29 is 4.79 Å². The molecule has 0 unspecified atom stereocenters. The number of hydrogen-bond acceptors (Lipinski definition) is 3. The van der Waals surface area contributed by atoms with Gasteiger partial charge in [0.1, 0.15) is 5.54 Å². The minimum atomic E-state index is -0.681. The first-order valence-corrected chi connectivity index (χ1v) is 7.21. The second-order valence-electron chi connectivity index (χ2n) is 6.53. The molecule has 1 aliphatic carbocycles. The molecule has 1 aliphatic rings. The molecule has 0 radical (unpaired) electrons. The van der Waals surface area contributed by atoms with E-state index in [2.05, 4.69) is 37.1 Å². The Labute approximate surface area is 117 Å². The number of carbonyl (C=O) groups is 1. The summed E-state index contributed by atoms with van der Waals surface area (Å²) in [5.41, 5.74) is -0.681. The maximum Gasteiger partial charge on any atom is 0.235 e. The van der Waals surface area contributed by atoms with Crippen LogP contribution < -0.4 is 5.32 Å². The Hall–Kier alpha value is -1.08. The van der Waals surface area contributed by atoms with Gasteiger partial charge in [0.05, 0.1) is 12.6 Å². The Bertz CT molecular complexity index is 357. The van der Waals surface area contributed by atoms with Gasteiger partial charge in [-0.25, -0.2) is 0 Å². The summed E-state index contributed by atoms with van der Waals surface area (Å²) in [7, 11) is 1.97. The summed E-state index contributed by atoms with van der Waals surface area (Å²) in [6, 6.07) is 2.63. The third kappa shape index (κ3) is 4.83. The zero-order chi connectivity index (χ0) is 14.6. The summed E-state index contributed by atoms with van der Waals surface area (Å²) in [6.07, 6.45) is 3.16. The fourth-order valence-corrected chi connectivity index (χ4v) is 2.46. The highest BCUT2D eigenvalue weighted by Gasteiger charge is 2.43. The molecule has 0 aromatic heterocycles. The van der Waals surface area contributed by atoms with Crippen molar-refractivity contribution >= 4 is 5.91 Å². The second-order valence-corrected chi connectivity index (χ2v) is 6.53. The summed E-state index contributed by atoms with van der Waals surface area (Å²) in [5, 5.41) is 12.1. The Morgan fingerprint density at radius 1 is 1.47 bits per heavy atom. The van der Waals surface area contributed by atoms with E-state index in [0.717, 1.165) is 19.3 Å². The van der Waals surface area contributed by atoms with Crippen molar-refractivity contribution in [3.05, 3.63) is 0 Å². The van der Waals surface area contributed by atoms with Crippen LogP contribution in [0.3, 0.4) is 0 Å². The van der Waals surface area contributed by atoms with Crippen LogP contribution >= 0.6 is 0 Å². The lowest BCUT2D eigenvalue weighted by Gasteiger charge is -2.28. The lowest BCUT2D eigenvalue weighted by Crippen LogP contribution is -2.50. The van der Waals surface area contributed by atoms with Gasteiger partial charge in [-0.05, 0) is 52.0 Å². The van der Waals surface area contributed by atoms with E-state index in [9.17, 15) is 10.1 Å². The average Bonchev–Trinajstić information content (AvgIpc) is 3.11. The van der Waals surface area contributed by atoms with Crippen LogP contribution in [0.15, 0.2) is 0 Å². The molecule has 2 atom stereocenters. The van der Waals surface area contributed by atoms with Gasteiger partial charge in [-0.1, -0.05) is 13.8 Å². The molecule has 0 saturated heterocycles. The fourth-order valence-electron chi connectivity index (χ4n) is 2.46. The van der Waals surface area contributed by atoms with E-state index in [1.807, 2.05) is 14.0 Å². The molecule has 108 valence electrons. The van der Waals surface area contributed by atoms with Crippen LogP contribution in [0, 0.1) is 23.2 Å². The number of amides is 1. The number of nitrogens with zero attached hydrogens (tertiary/aromatic N) is 2. The molecule has 4 nitrogen and oxygen atoms in total. The van der Waals surface area contributed by atoms with Gasteiger partial charge in [-0.15, -0.1) is 0 Å². The fraction of sp³-hybridized carbons (Fsp3) is 0.867. The van der Waals surface area contributed by atoms with Crippen LogP contribution in [0.2, 0.25) is 0 Å². The molecule has 1 N–H and O–H groups in total. The van der Waals surface area contributed by atoms with Crippen molar-refractivity contribution in [2.24, 2.45) is 11.8 Å². The number of nitriles is 1. The summed E-state index contributed by atoms with van der Waals surface area (Å²) < 4.78 is 0. The number of hydrogen-bond donors (Lipinski definition) is 1. The molecule has 1 fully saturated rings. The third-order valence-corrected chi connectivity index (χ3v) is 3.98. The minimum absolute atomic E-state index is 0.0472. The van der Waals surface area contributed by atoms with E-state index >= 15 is 0 Å². The van der Waals surface area contributed by atoms with Crippen LogP contribution in [0.5, 0.6) is 0 Å². The van der Waals surface area contributed by atoms with Gasteiger partial charge in [0, 0.05) is 6.04 Å². The highest BCUT2D eigenvalue weighted by Crippen LogP contribution is 2.39. The summed E-state index contributed by atoms with van der Waals surface area (Å²) in [4.78, 5) is 14.1. The second kappa shape index (κ2) is 6.38. The molecular weight excluding hydrogens is 238 g/mol. The van der Waals surface area contributed by atoms with E-state index in [1.54, 1.807) is 0 Å². The standard InChI is InChI=1S/C15H27N3O/c1-11(2)8-12(3)18(5)9-14(19)17-15(4,10-16)13-6-7-13/h11-13H,6-9H2,1-5H3,(H,17,19)/t12-,15+/m0/s1. The first-order chi connectivity index (χ1) is 8.78. The number of rotatable bonds is 7. The van der Waals surface area contributed by atoms with Crippen molar-refractivity contribution in [1.82, 2.24) is 10.2 Å². The van der Waals surface area contributed by atoms with E-state index in [0.29, 0.717) is 24.4 Å². The Kier molecular flexibility index (Phi) is 5.37. The van der Waals surface area contributed by atoms with E-state index < -0.39 is 5.54 Å². The van der Waals surface area contributed by atoms with Gasteiger partial charge in [0.25, 0.3) is 0 Å². The largest absolute Gasteiger partial charge is 0.337 e. The third-order valence-electron chi connectivity index (χ3n) is 3.98. The predicted molar refractivity (Wildman–Crippen MR) is 76.4 cm³/mol. The summed E-state index contributed by atoms with van der Waals surface area (Å²) in [6.45, 7) is 8.70. The SMILES string of the molecule is CC(C)C[C@H](C)N(C)CC(=O)N[C@](C)(C#N)C1CC1. The van der Waals surface area contributed by atoms with E-state index in [4.69, 9.17) is 0 Å². The van der Waals surface area contributed by atoms with Crippen molar-refractivity contribution in [2.45, 2.75) is 58.5 Å². The summed E-state index contributed by atoms with van der Waals surface area (Å²) in [5.74, 6) is 0.908. The molecule has 1 saturated carbocycles. The molecule has 0 heterocycles. The first-order valence-electron chi connectivity index (χ1n) is 7.21. The maximum absolute atomic E-state index is 12.0. The van der Waals surface area contributed by atoms with Gasteiger partial charge in [-0.2, -0.15) is 5.26 Å². The predicted octanol–water partition coefficient (Wildman–Crippen LogP) is 2.16. The Morgan fingerprint density at radius 3 is 2.47 bits per heavy atom. The van der Waals surface area contributed by atoms with Crippen molar-refractivity contribution in [2.75, 3.05) is 13.6 Å². The molecule has 19 heavy (non-hydrogen) atoms. The molecule has 0 aliphatic heterocycles. The maximum atomic E-state index is 12.0. The lowest BCUT2D eigenvalue weighted by atomic mass is 9.98. The number of carbonyl (C=O) groups excluding carboxylic acids is 1. The number of likely N-dealkylation sites (N-methyl/N-ethyl adjacent to an activating group) is 1. The van der Waals surface area contributed by atoms with Crippen LogP contribution in [0.25, 0.3) is 0 Å². The monoisotopic (exact) mass is 265 g/mol. The molecule has 1 amide bonds. The van der Waals surface area contributed by atoms with E-state index in [-0.39, 0.29) is 5.91 Å². The Morgan fingerprint density at radius 2 is 2.05 bits per heavy atom. The summed E-state index contributed by atoms with van der Waals surface area (Å²) >= 11 is 0. The quantitative estimate of drug-likeness (QED) is 0.767. The van der Waals surface area contributed by atoms with Crippen LogP contribution in [0.4, 0.5) is 0 Å². The Balaban J connectivity index is 2.44. The van der Waals surface area contributed by atoms with Crippen LogP contribution in [0.1, 0.15) is 47.0 Å². The highest BCUT2D eigenvalue weighted by molar-refractivity contribution is 5.79. The molecule has 0 aromatic rings. The lowest BCUT2D eigenvalue weighted by molar-refractivity contribution is -0.123. The average molecular weight is 265 g/mol. The van der Waals surface area contributed by atoms with E-state index in [1.165, 1.54) is 0 Å². The normalized spacial score (nSPS) is 19.9. The van der Waals surface area contributed by atoms with Crippen LogP contribution in [-0.4, -0.2) is 36.0 Å². The molecule has 0 aromatic carbocycles. The van der Waals surface area contributed by atoms with Crippen LogP contribution in [-0.2, 0) is 4.79 Å². The van der Waals surface area contributed by atoms with Crippen molar-refractivity contribution in [3.8, 4) is 6.07 Å². The number of nitrogens with one attached hydrogen (secondary N) is 1. The van der Waals surface area contributed by atoms with Gasteiger partial charge < -0.3 is 5.32 Å². The molecular formula is C15H27N3O. The topological polar surface area (TPSA) is 56.1 Å². The molecule has 1 rings (SSSR count). The minimum Gasteiger partial charge on any atom is -0.337 e. The van der Waals surface area contributed by atoms with Gasteiger partial charge >= 0.3 is 0 Å². The molecule has 0 bridgehead atoms. The zero-order valence-electron chi connectivity index (χ0n) is 12.9. The van der Waals surface area contributed by atoms with Gasteiger partial charge in [0.2, 0.25) is 5.91 Å². The smallest absolute Gasteiger partial charge is 0.235 e.